The Bertz CT molecular complexity index is 296. The monoisotopic (exact) mass is 183 g/mol. The van der Waals surface area contributed by atoms with Crippen LogP contribution in [0.2, 0.25) is 0 Å². The third kappa shape index (κ3) is 1.93. The zero-order valence-corrected chi connectivity index (χ0v) is 8.37. The Morgan fingerprint density at radius 3 is 2.50 bits per heavy atom. The topological polar surface area (TPSA) is 43.1 Å². The summed E-state index contributed by atoms with van der Waals surface area (Å²) in [5.41, 5.74) is 6.04. The van der Waals surface area contributed by atoms with Gasteiger partial charge in [-0.2, -0.15) is 0 Å². The van der Waals surface area contributed by atoms with E-state index in [0.29, 0.717) is 0 Å². The van der Waals surface area contributed by atoms with Crippen LogP contribution in [-0.4, -0.2) is 11.3 Å². The van der Waals surface area contributed by atoms with Crippen LogP contribution in [-0.2, 0) is 0 Å². The molecule has 1 rings (SSSR count). The van der Waals surface area contributed by atoms with Gasteiger partial charge in [-0.25, -0.2) is 0 Å². The van der Waals surface area contributed by atoms with Crippen LogP contribution in [0.25, 0.3) is 0 Å². The summed E-state index contributed by atoms with van der Waals surface area (Å²) in [5, 5.41) is 1.96. The lowest BCUT2D eigenvalue weighted by atomic mass is 9.99. The zero-order valence-electron chi connectivity index (χ0n) is 7.55. The highest BCUT2D eigenvalue weighted by Crippen LogP contribution is 2.18. The van der Waals surface area contributed by atoms with Gasteiger partial charge in [0.1, 0.15) is 0 Å². The predicted molar refractivity (Wildman–Crippen MR) is 51.7 cm³/mol. The van der Waals surface area contributed by atoms with E-state index in [4.69, 9.17) is 5.73 Å². The van der Waals surface area contributed by atoms with E-state index in [2.05, 4.69) is 0 Å². The van der Waals surface area contributed by atoms with Crippen LogP contribution < -0.4 is 5.73 Å². The van der Waals surface area contributed by atoms with Crippen molar-refractivity contribution in [2.24, 2.45) is 5.73 Å². The van der Waals surface area contributed by atoms with Crippen LogP contribution >= 0.6 is 11.3 Å². The van der Waals surface area contributed by atoms with Crippen molar-refractivity contribution in [3.63, 3.8) is 0 Å². The number of hydrogen-bond acceptors (Lipinski definition) is 3. The molecule has 1 aromatic heterocycles. The number of nitrogens with two attached hydrogens (primary N) is 1. The summed E-state index contributed by atoms with van der Waals surface area (Å²) in [4.78, 5) is 12.3. The standard InChI is InChI=1S/C9H13NOS/c1-6-4-7(12-5-6)8(11)9(2,3)10/h4-5H,10H2,1-3H3. The van der Waals surface area contributed by atoms with Gasteiger partial charge in [-0.05, 0) is 37.8 Å². The summed E-state index contributed by atoms with van der Waals surface area (Å²) in [6, 6.07) is 1.88. The summed E-state index contributed by atoms with van der Waals surface area (Å²) < 4.78 is 0. The second kappa shape index (κ2) is 2.99. The molecule has 0 aliphatic carbocycles. The molecule has 0 aromatic carbocycles. The molecular weight excluding hydrogens is 170 g/mol. The Morgan fingerprint density at radius 2 is 2.17 bits per heavy atom. The van der Waals surface area contributed by atoms with E-state index in [-0.39, 0.29) is 5.78 Å². The third-order valence-corrected chi connectivity index (χ3v) is 2.59. The van der Waals surface area contributed by atoms with Crippen molar-refractivity contribution in [3.8, 4) is 0 Å². The number of Topliss-reactive ketones (excluding diaryl/α,β-unsaturated/α-hetero) is 1. The van der Waals surface area contributed by atoms with Crippen molar-refractivity contribution in [1.29, 1.82) is 0 Å². The van der Waals surface area contributed by atoms with E-state index >= 15 is 0 Å². The minimum absolute atomic E-state index is 0.0144. The molecule has 0 aliphatic heterocycles. The molecule has 0 atom stereocenters. The lowest BCUT2D eigenvalue weighted by Crippen LogP contribution is -2.41. The van der Waals surface area contributed by atoms with Crippen LogP contribution in [0.4, 0.5) is 0 Å². The molecule has 0 amide bonds. The smallest absolute Gasteiger partial charge is 0.191 e. The molecule has 0 saturated heterocycles. The maximum absolute atomic E-state index is 11.6. The van der Waals surface area contributed by atoms with Crippen molar-refractivity contribution in [2.75, 3.05) is 0 Å². The zero-order chi connectivity index (χ0) is 9.35. The second-order valence-electron chi connectivity index (χ2n) is 3.54. The van der Waals surface area contributed by atoms with Gasteiger partial charge >= 0.3 is 0 Å². The lowest BCUT2D eigenvalue weighted by Gasteiger charge is -2.14. The predicted octanol–water partition coefficient (Wildman–Crippen LogP) is 1.98. The van der Waals surface area contributed by atoms with Gasteiger partial charge in [0.2, 0.25) is 0 Å². The van der Waals surface area contributed by atoms with Gasteiger partial charge < -0.3 is 5.73 Å². The van der Waals surface area contributed by atoms with Crippen LogP contribution in [0.1, 0.15) is 29.1 Å². The molecular formula is C9H13NOS. The Hall–Kier alpha value is -0.670. The fraction of sp³-hybridized carbons (Fsp3) is 0.444. The molecule has 2 N–H and O–H groups in total. The summed E-state index contributed by atoms with van der Waals surface area (Å²) >= 11 is 1.45. The first-order chi connectivity index (χ1) is 5.41. The summed E-state index contributed by atoms with van der Waals surface area (Å²) in [7, 11) is 0. The Labute approximate surface area is 76.4 Å². The molecule has 2 nitrogen and oxygen atoms in total. The van der Waals surface area contributed by atoms with Crippen molar-refractivity contribution in [3.05, 3.63) is 21.9 Å². The van der Waals surface area contributed by atoms with E-state index in [1.54, 1.807) is 13.8 Å². The van der Waals surface area contributed by atoms with E-state index in [1.165, 1.54) is 11.3 Å². The molecule has 0 spiro atoms. The van der Waals surface area contributed by atoms with Gasteiger partial charge in [-0.3, -0.25) is 4.79 Å². The van der Waals surface area contributed by atoms with Crippen LogP contribution in [0.3, 0.4) is 0 Å². The maximum Gasteiger partial charge on any atom is 0.191 e. The molecule has 0 radical (unpaired) electrons. The average Bonchev–Trinajstić information content (AvgIpc) is 2.32. The minimum Gasteiger partial charge on any atom is -0.319 e. The van der Waals surface area contributed by atoms with Crippen LogP contribution in [0.15, 0.2) is 11.4 Å². The number of carbonyl (C=O) groups excluding carboxylic acids is 1. The van der Waals surface area contributed by atoms with Crippen LogP contribution in [0.5, 0.6) is 0 Å². The number of rotatable bonds is 2. The second-order valence-corrected chi connectivity index (χ2v) is 4.45. The number of ketones is 1. The summed E-state index contributed by atoms with van der Waals surface area (Å²) in [6.45, 7) is 5.42. The highest BCUT2D eigenvalue weighted by Gasteiger charge is 2.24. The molecule has 12 heavy (non-hydrogen) atoms. The van der Waals surface area contributed by atoms with E-state index in [9.17, 15) is 4.79 Å². The Balaban J connectivity index is 2.93. The van der Waals surface area contributed by atoms with Gasteiger partial charge in [0, 0.05) is 0 Å². The van der Waals surface area contributed by atoms with Crippen LogP contribution in [0, 0.1) is 6.92 Å². The van der Waals surface area contributed by atoms with Crippen molar-refractivity contribution in [1.82, 2.24) is 0 Å². The highest BCUT2D eigenvalue weighted by atomic mass is 32.1. The third-order valence-electron chi connectivity index (χ3n) is 1.54. The molecule has 1 aromatic rings. The molecule has 1 heterocycles. The number of hydrogen-bond donors (Lipinski definition) is 1. The first-order valence-electron chi connectivity index (χ1n) is 3.80. The first-order valence-corrected chi connectivity index (χ1v) is 4.68. The first kappa shape index (κ1) is 9.42. The molecule has 0 bridgehead atoms. The van der Waals surface area contributed by atoms with E-state index < -0.39 is 5.54 Å². The van der Waals surface area contributed by atoms with Gasteiger partial charge in [0.25, 0.3) is 0 Å². The van der Waals surface area contributed by atoms with Crippen molar-refractivity contribution >= 4 is 17.1 Å². The number of aryl methyl sites for hydroxylation is 1. The highest BCUT2D eigenvalue weighted by molar-refractivity contribution is 7.12. The van der Waals surface area contributed by atoms with E-state index in [1.807, 2.05) is 18.4 Å². The fourth-order valence-electron chi connectivity index (χ4n) is 0.868. The molecule has 0 aliphatic rings. The van der Waals surface area contributed by atoms with Crippen molar-refractivity contribution in [2.45, 2.75) is 26.3 Å². The summed E-state index contributed by atoms with van der Waals surface area (Å²) in [5.74, 6) is 0.0144. The largest absolute Gasteiger partial charge is 0.319 e. The fourth-order valence-corrected chi connectivity index (χ4v) is 1.87. The molecule has 0 fully saturated rings. The Morgan fingerprint density at radius 1 is 1.58 bits per heavy atom. The van der Waals surface area contributed by atoms with Gasteiger partial charge in [-0.15, -0.1) is 11.3 Å². The van der Waals surface area contributed by atoms with Gasteiger partial charge in [-0.1, -0.05) is 0 Å². The maximum atomic E-state index is 11.6. The summed E-state index contributed by atoms with van der Waals surface area (Å²) in [6.07, 6.45) is 0. The average molecular weight is 183 g/mol. The normalized spacial score (nSPS) is 11.7. The van der Waals surface area contributed by atoms with Crippen molar-refractivity contribution < 1.29 is 4.79 Å². The minimum atomic E-state index is -0.753. The van der Waals surface area contributed by atoms with E-state index in [0.717, 1.165) is 10.4 Å². The SMILES string of the molecule is Cc1csc(C(=O)C(C)(C)N)c1. The lowest BCUT2D eigenvalue weighted by molar-refractivity contribution is 0.0918. The Kier molecular flexibility index (Phi) is 2.35. The quantitative estimate of drug-likeness (QED) is 0.712. The molecule has 3 heteroatoms. The molecule has 0 saturated carbocycles. The molecule has 66 valence electrons. The van der Waals surface area contributed by atoms with Gasteiger partial charge in [0.15, 0.2) is 5.78 Å². The van der Waals surface area contributed by atoms with Gasteiger partial charge in [0.05, 0.1) is 10.4 Å². The number of thiophene rings is 1. The number of carbonyl (C=O) groups is 1. The molecule has 0 unspecified atom stereocenters.